The van der Waals surface area contributed by atoms with Gasteiger partial charge in [0.25, 0.3) is 0 Å². The number of rotatable bonds is 2. The molecule has 2 aliphatic carbocycles. The third-order valence-electron chi connectivity index (χ3n) is 5.07. The molecular weight excluding hydrogens is 290 g/mol. The van der Waals surface area contributed by atoms with Crippen molar-refractivity contribution in [3.63, 3.8) is 0 Å². The van der Waals surface area contributed by atoms with Gasteiger partial charge in [0.2, 0.25) is 11.8 Å². The third kappa shape index (κ3) is 2.08. The van der Waals surface area contributed by atoms with Gasteiger partial charge in [-0.25, -0.2) is 8.78 Å². The Labute approximate surface area is 127 Å². The van der Waals surface area contributed by atoms with Gasteiger partial charge in [-0.15, -0.1) is 0 Å². The number of hydrogen-bond acceptors (Lipinski definition) is 3. The topological polar surface area (TPSA) is 55.6 Å². The van der Waals surface area contributed by atoms with E-state index >= 15 is 0 Å². The van der Waals surface area contributed by atoms with Crippen molar-refractivity contribution in [1.29, 1.82) is 0 Å². The lowest BCUT2D eigenvalue weighted by Crippen LogP contribution is -2.40. The molecule has 0 radical (unpaired) electrons. The van der Waals surface area contributed by atoms with Crippen LogP contribution in [0.3, 0.4) is 0 Å². The van der Waals surface area contributed by atoms with Crippen molar-refractivity contribution in [3.8, 4) is 5.75 Å². The monoisotopic (exact) mass is 308 g/mol. The van der Waals surface area contributed by atoms with Gasteiger partial charge in [-0.1, -0.05) is 6.07 Å². The molecule has 3 atom stereocenters. The van der Waals surface area contributed by atoms with Gasteiger partial charge in [0.15, 0.2) is 0 Å². The molecule has 2 N–H and O–H groups in total. The van der Waals surface area contributed by atoms with Crippen LogP contribution >= 0.6 is 0 Å². The maximum Gasteiger partial charge on any atom is 0.248 e. The fraction of sp³-hybridized carbons (Fsp3) is 0.562. The van der Waals surface area contributed by atoms with Crippen molar-refractivity contribution < 1.29 is 18.3 Å². The first-order valence-corrected chi connectivity index (χ1v) is 7.65. The Balaban J connectivity index is 1.55. The van der Waals surface area contributed by atoms with Gasteiger partial charge in [0.1, 0.15) is 12.4 Å². The van der Waals surface area contributed by atoms with E-state index in [9.17, 15) is 13.6 Å². The number of ether oxygens (including phenoxy) is 1. The zero-order valence-corrected chi connectivity index (χ0v) is 12.1. The van der Waals surface area contributed by atoms with Gasteiger partial charge in [-0.3, -0.25) is 4.79 Å². The number of carbonyl (C=O) groups is 1. The van der Waals surface area contributed by atoms with E-state index in [4.69, 9.17) is 10.5 Å². The number of hydrogen-bond donors (Lipinski definition) is 1. The Morgan fingerprint density at radius 3 is 2.77 bits per heavy atom. The van der Waals surface area contributed by atoms with Crippen molar-refractivity contribution >= 4 is 11.6 Å². The van der Waals surface area contributed by atoms with Gasteiger partial charge in [0, 0.05) is 25.3 Å². The summed E-state index contributed by atoms with van der Waals surface area (Å²) in [7, 11) is 0. The Kier molecular flexibility index (Phi) is 2.95. The van der Waals surface area contributed by atoms with E-state index in [1.807, 2.05) is 18.2 Å². The number of nitrogens with two attached hydrogens (primary N) is 1. The molecule has 1 heterocycles. The Morgan fingerprint density at radius 2 is 2.09 bits per heavy atom. The quantitative estimate of drug-likeness (QED) is 0.911. The molecule has 1 amide bonds. The Bertz CT molecular complexity index is 621. The number of fused-ring (bicyclic) bond motifs is 2. The van der Waals surface area contributed by atoms with Gasteiger partial charge in [-0.2, -0.15) is 0 Å². The molecular formula is C16H18F2N2O2. The van der Waals surface area contributed by atoms with E-state index in [1.165, 1.54) is 0 Å². The second-order valence-electron chi connectivity index (χ2n) is 6.46. The van der Waals surface area contributed by atoms with E-state index in [1.54, 1.807) is 4.90 Å². The summed E-state index contributed by atoms with van der Waals surface area (Å²) in [6.07, 6.45) is -0.283. The van der Waals surface area contributed by atoms with Crippen molar-refractivity contribution in [2.45, 2.75) is 25.3 Å². The first-order chi connectivity index (χ1) is 10.5. The molecule has 4 rings (SSSR count). The van der Waals surface area contributed by atoms with E-state index in [0.717, 1.165) is 11.3 Å². The van der Waals surface area contributed by atoms with Crippen LogP contribution in [0.2, 0.25) is 0 Å². The lowest BCUT2D eigenvalue weighted by atomic mass is 10.1. The number of amides is 1. The predicted molar refractivity (Wildman–Crippen MR) is 76.8 cm³/mol. The summed E-state index contributed by atoms with van der Waals surface area (Å²) in [5, 5.41) is 0. The zero-order chi connectivity index (χ0) is 15.5. The number of benzene rings is 1. The van der Waals surface area contributed by atoms with Crippen LogP contribution in [0, 0.1) is 17.8 Å². The van der Waals surface area contributed by atoms with Crippen LogP contribution in [0.5, 0.6) is 5.75 Å². The molecule has 0 bridgehead atoms. The Morgan fingerprint density at radius 1 is 1.36 bits per heavy atom. The minimum absolute atomic E-state index is 0.0319. The summed E-state index contributed by atoms with van der Waals surface area (Å²) < 4.78 is 32.1. The highest BCUT2D eigenvalue weighted by atomic mass is 19.3. The molecule has 2 saturated carbocycles. The van der Waals surface area contributed by atoms with Crippen LogP contribution < -0.4 is 15.4 Å². The molecule has 22 heavy (non-hydrogen) atoms. The van der Waals surface area contributed by atoms with Crippen LogP contribution in [0.4, 0.5) is 14.5 Å². The Hall–Kier alpha value is -1.69. The molecule has 0 aromatic heterocycles. The number of nitrogens with zero attached hydrogens (tertiary/aromatic N) is 1. The smallest absolute Gasteiger partial charge is 0.248 e. The lowest BCUT2D eigenvalue weighted by molar-refractivity contribution is -0.121. The number of anilines is 1. The molecule has 3 aliphatic rings. The number of halogens is 2. The van der Waals surface area contributed by atoms with Gasteiger partial charge < -0.3 is 15.4 Å². The summed E-state index contributed by atoms with van der Waals surface area (Å²) in [4.78, 5) is 14.4. The highest BCUT2D eigenvalue weighted by Gasteiger charge is 2.66. The zero-order valence-electron chi connectivity index (χ0n) is 12.1. The highest BCUT2D eigenvalue weighted by Crippen LogP contribution is 2.63. The molecule has 2 fully saturated rings. The van der Waals surface area contributed by atoms with Crippen molar-refractivity contribution in [1.82, 2.24) is 0 Å². The van der Waals surface area contributed by atoms with Crippen LogP contribution in [0.1, 0.15) is 18.4 Å². The second-order valence-corrected chi connectivity index (χ2v) is 6.46. The molecule has 6 heteroatoms. The molecule has 1 aromatic carbocycles. The molecule has 0 spiro atoms. The maximum absolute atomic E-state index is 13.3. The first kappa shape index (κ1) is 13.9. The third-order valence-corrected chi connectivity index (χ3v) is 5.07. The normalized spacial score (nSPS) is 31.2. The van der Waals surface area contributed by atoms with Crippen molar-refractivity contribution in [2.24, 2.45) is 23.5 Å². The summed E-state index contributed by atoms with van der Waals surface area (Å²) >= 11 is 0. The largest absolute Gasteiger partial charge is 0.490 e. The molecule has 118 valence electrons. The van der Waals surface area contributed by atoms with Gasteiger partial charge in [-0.05, 0) is 29.5 Å². The van der Waals surface area contributed by atoms with E-state index in [2.05, 4.69) is 0 Å². The van der Waals surface area contributed by atoms with E-state index in [-0.39, 0.29) is 36.5 Å². The van der Waals surface area contributed by atoms with Gasteiger partial charge >= 0.3 is 0 Å². The minimum atomic E-state index is -2.58. The summed E-state index contributed by atoms with van der Waals surface area (Å²) in [5.74, 6) is -2.48. The minimum Gasteiger partial charge on any atom is -0.490 e. The van der Waals surface area contributed by atoms with Crippen molar-refractivity contribution in [3.05, 3.63) is 23.8 Å². The van der Waals surface area contributed by atoms with Gasteiger partial charge in [0.05, 0.1) is 12.2 Å². The lowest BCUT2D eigenvalue weighted by Gasteiger charge is -2.30. The fourth-order valence-corrected chi connectivity index (χ4v) is 3.94. The second kappa shape index (κ2) is 4.65. The van der Waals surface area contributed by atoms with Crippen molar-refractivity contribution in [2.75, 3.05) is 18.1 Å². The van der Waals surface area contributed by atoms with Crippen LogP contribution in [-0.2, 0) is 11.3 Å². The number of alkyl halides is 2. The van der Waals surface area contributed by atoms with E-state index < -0.39 is 5.92 Å². The van der Waals surface area contributed by atoms with Crippen LogP contribution in [0.15, 0.2) is 18.2 Å². The summed E-state index contributed by atoms with van der Waals surface area (Å²) in [5.41, 5.74) is 7.28. The molecule has 1 unspecified atom stereocenters. The number of carbonyl (C=O) groups excluding carboxylic acids is 1. The first-order valence-electron chi connectivity index (χ1n) is 7.65. The average molecular weight is 308 g/mol. The average Bonchev–Trinajstić information content (AvgIpc) is 3.03. The summed E-state index contributed by atoms with van der Waals surface area (Å²) in [6, 6.07) is 5.55. The van der Waals surface area contributed by atoms with Crippen LogP contribution in [0.25, 0.3) is 0 Å². The SMILES string of the molecule is NCc1ccc2c(c1)OCCN2C(=O)C1[C@H]2CC(F)(F)C[C@@H]12. The maximum atomic E-state index is 13.3. The summed E-state index contributed by atoms with van der Waals surface area (Å²) in [6.45, 7) is 1.30. The van der Waals surface area contributed by atoms with Crippen LogP contribution in [-0.4, -0.2) is 25.0 Å². The standard InChI is InChI=1S/C16H18F2N2O2/c17-16(18)6-10-11(7-16)14(10)15(21)20-3-4-22-13-5-9(8-19)1-2-12(13)20/h1-2,5,10-11,14H,3-4,6-8,19H2/t10-,11+,14?. The molecule has 4 nitrogen and oxygen atoms in total. The molecule has 1 aromatic rings. The predicted octanol–water partition coefficient (Wildman–Crippen LogP) is 2.16. The highest BCUT2D eigenvalue weighted by molar-refractivity contribution is 5.99. The molecule has 0 saturated heterocycles. The van der Waals surface area contributed by atoms with E-state index in [0.29, 0.717) is 25.4 Å². The molecule has 1 aliphatic heterocycles. The fourth-order valence-electron chi connectivity index (χ4n) is 3.94.